The van der Waals surface area contributed by atoms with Gasteiger partial charge in [-0.15, -0.1) is 0 Å². The van der Waals surface area contributed by atoms with Gasteiger partial charge < -0.3 is 14.8 Å². The van der Waals surface area contributed by atoms with Gasteiger partial charge in [-0.1, -0.05) is 6.92 Å². The Morgan fingerprint density at radius 1 is 1.26 bits per heavy atom. The molecule has 1 amide bonds. The van der Waals surface area contributed by atoms with Gasteiger partial charge in [0.05, 0.1) is 25.2 Å². The van der Waals surface area contributed by atoms with Crippen molar-refractivity contribution in [1.82, 2.24) is 9.62 Å². The van der Waals surface area contributed by atoms with E-state index < -0.39 is 10.0 Å². The highest BCUT2D eigenvalue weighted by molar-refractivity contribution is 7.89. The summed E-state index contributed by atoms with van der Waals surface area (Å²) in [7, 11) is -0.689. The van der Waals surface area contributed by atoms with Crippen LogP contribution in [0.1, 0.15) is 13.8 Å². The van der Waals surface area contributed by atoms with Gasteiger partial charge in [-0.3, -0.25) is 4.79 Å². The lowest BCUT2D eigenvalue weighted by molar-refractivity contribution is -0.122. The highest BCUT2D eigenvalue weighted by atomic mass is 32.2. The van der Waals surface area contributed by atoms with Crippen LogP contribution in [0.3, 0.4) is 0 Å². The van der Waals surface area contributed by atoms with E-state index in [4.69, 9.17) is 9.47 Å². The quantitative estimate of drug-likeness (QED) is 0.718. The summed E-state index contributed by atoms with van der Waals surface area (Å²) in [6.45, 7) is 3.80. The number of carbonyl (C=O) groups is 1. The third-order valence-electron chi connectivity index (χ3n) is 3.19. The second-order valence-electron chi connectivity index (χ2n) is 5.03. The van der Waals surface area contributed by atoms with E-state index in [0.29, 0.717) is 12.4 Å². The molecule has 0 heterocycles. The van der Waals surface area contributed by atoms with E-state index in [1.54, 1.807) is 26.0 Å². The fraction of sp³-hybridized carbons (Fsp3) is 0.533. The molecule has 8 heteroatoms. The van der Waals surface area contributed by atoms with Crippen molar-refractivity contribution >= 4 is 15.9 Å². The van der Waals surface area contributed by atoms with Crippen LogP contribution in [0.2, 0.25) is 0 Å². The van der Waals surface area contributed by atoms with Crippen LogP contribution >= 0.6 is 0 Å². The van der Waals surface area contributed by atoms with Crippen molar-refractivity contribution in [2.75, 3.05) is 33.9 Å². The Labute approximate surface area is 137 Å². The summed E-state index contributed by atoms with van der Waals surface area (Å²) in [4.78, 5) is 12.1. The summed E-state index contributed by atoms with van der Waals surface area (Å²) in [6.07, 6.45) is 0. The first kappa shape index (κ1) is 19.4. The van der Waals surface area contributed by atoms with Crippen LogP contribution in [0.25, 0.3) is 0 Å². The standard InChI is InChI=1S/C15H24N2O5S/c1-5-17(10-15(18)16-12(2)11-21-3)23(19,20)14-8-6-13(22-4)7-9-14/h6-9,12H,5,10-11H2,1-4H3,(H,16,18)/t12-/m0/s1. The van der Waals surface area contributed by atoms with Crippen LogP contribution in [-0.4, -0.2) is 58.6 Å². The molecule has 0 bridgehead atoms. The molecule has 0 aliphatic carbocycles. The highest BCUT2D eigenvalue weighted by Gasteiger charge is 2.25. The predicted molar refractivity (Wildman–Crippen MR) is 86.9 cm³/mol. The van der Waals surface area contributed by atoms with Gasteiger partial charge in [-0.25, -0.2) is 8.42 Å². The van der Waals surface area contributed by atoms with E-state index in [0.717, 1.165) is 4.31 Å². The number of hydrogen-bond acceptors (Lipinski definition) is 5. The van der Waals surface area contributed by atoms with Gasteiger partial charge in [-0.05, 0) is 31.2 Å². The van der Waals surface area contributed by atoms with Gasteiger partial charge in [0.1, 0.15) is 5.75 Å². The Balaban J connectivity index is 2.83. The normalized spacial score (nSPS) is 12.9. The van der Waals surface area contributed by atoms with Gasteiger partial charge >= 0.3 is 0 Å². The maximum absolute atomic E-state index is 12.6. The second-order valence-corrected chi connectivity index (χ2v) is 6.97. The lowest BCUT2D eigenvalue weighted by Gasteiger charge is -2.21. The lowest BCUT2D eigenvalue weighted by Crippen LogP contribution is -2.44. The van der Waals surface area contributed by atoms with Crippen molar-refractivity contribution in [3.8, 4) is 5.75 Å². The number of ether oxygens (including phenoxy) is 2. The maximum Gasteiger partial charge on any atom is 0.243 e. The number of benzene rings is 1. The Morgan fingerprint density at radius 2 is 1.87 bits per heavy atom. The summed E-state index contributed by atoms with van der Waals surface area (Å²) in [5, 5.41) is 2.70. The molecule has 1 atom stereocenters. The zero-order valence-electron chi connectivity index (χ0n) is 13.9. The molecule has 0 aromatic heterocycles. The average molecular weight is 344 g/mol. The van der Waals surface area contributed by atoms with Crippen molar-refractivity contribution in [1.29, 1.82) is 0 Å². The number of amides is 1. The number of likely N-dealkylation sites (N-methyl/N-ethyl adjacent to an activating group) is 1. The molecule has 0 radical (unpaired) electrons. The molecule has 0 saturated carbocycles. The number of methoxy groups -OCH3 is 2. The molecule has 0 aliphatic rings. The molecule has 7 nitrogen and oxygen atoms in total. The van der Waals surface area contributed by atoms with Crippen molar-refractivity contribution < 1.29 is 22.7 Å². The van der Waals surface area contributed by atoms with Gasteiger partial charge in [0.15, 0.2) is 0 Å². The zero-order chi connectivity index (χ0) is 17.5. The van der Waals surface area contributed by atoms with Gasteiger partial charge in [0.2, 0.25) is 15.9 Å². The minimum atomic E-state index is -3.73. The number of nitrogens with zero attached hydrogens (tertiary/aromatic N) is 1. The average Bonchev–Trinajstić information content (AvgIpc) is 2.52. The van der Waals surface area contributed by atoms with Crippen molar-refractivity contribution in [3.63, 3.8) is 0 Å². The van der Waals surface area contributed by atoms with Crippen LogP contribution in [0.5, 0.6) is 5.75 Å². The summed E-state index contributed by atoms with van der Waals surface area (Å²) in [5.41, 5.74) is 0. The van der Waals surface area contributed by atoms with E-state index in [2.05, 4.69) is 5.32 Å². The van der Waals surface area contributed by atoms with E-state index in [-0.39, 0.29) is 29.9 Å². The first-order valence-electron chi connectivity index (χ1n) is 7.27. The van der Waals surface area contributed by atoms with Gasteiger partial charge in [0.25, 0.3) is 0 Å². The minimum Gasteiger partial charge on any atom is -0.497 e. The van der Waals surface area contributed by atoms with Crippen LogP contribution < -0.4 is 10.1 Å². The van der Waals surface area contributed by atoms with Crippen LogP contribution in [0, 0.1) is 0 Å². The topological polar surface area (TPSA) is 84.9 Å². The van der Waals surface area contributed by atoms with Gasteiger partial charge in [-0.2, -0.15) is 4.31 Å². The summed E-state index contributed by atoms with van der Waals surface area (Å²) >= 11 is 0. The first-order chi connectivity index (χ1) is 10.8. The highest BCUT2D eigenvalue weighted by Crippen LogP contribution is 2.19. The van der Waals surface area contributed by atoms with Crippen LogP contribution in [-0.2, 0) is 19.6 Å². The molecule has 130 valence electrons. The maximum atomic E-state index is 12.6. The number of rotatable bonds is 9. The predicted octanol–water partition coefficient (Wildman–Crippen LogP) is 0.857. The molecule has 0 unspecified atom stereocenters. The third kappa shape index (κ3) is 5.49. The van der Waals surface area contributed by atoms with Crippen LogP contribution in [0.15, 0.2) is 29.2 Å². The second kappa shape index (κ2) is 8.85. The Kier molecular flexibility index (Phi) is 7.47. The van der Waals surface area contributed by atoms with E-state index in [9.17, 15) is 13.2 Å². The van der Waals surface area contributed by atoms with E-state index in [1.807, 2.05) is 0 Å². The summed E-state index contributed by atoms with van der Waals surface area (Å²) < 4.78 is 36.3. The molecule has 23 heavy (non-hydrogen) atoms. The molecule has 0 saturated heterocycles. The fourth-order valence-electron chi connectivity index (χ4n) is 2.04. The summed E-state index contributed by atoms with van der Waals surface area (Å²) in [6, 6.07) is 5.88. The molecular formula is C15H24N2O5S. The molecule has 0 fully saturated rings. The molecule has 0 spiro atoms. The number of carbonyl (C=O) groups excluding carboxylic acids is 1. The number of hydrogen-bond donors (Lipinski definition) is 1. The number of sulfonamides is 1. The van der Waals surface area contributed by atoms with E-state index in [1.165, 1.54) is 26.4 Å². The molecule has 1 rings (SSSR count). The Hall–Kier alpha value is -1.64. The lowest BCUT2D eigenvalue weighted by atomic mass is 10.3. The molecule has 1 N–H and O–H groups in total. The van der Waals surface area contributed by atoms with Crippen molar-refractivity contribution in [2.24, 2.45) is 0 Å². The molecule has 1 aromatic carbocycles. The van der Waals surface area contributed by atoms with Crippen molar-refractivity contribution in [3.05, 3.63) is 24.3 Å². The van der Waals surface area contributed by atoms with Crippen LogP contribution in [0.4, 0.5) is 0 Å². The Morgan fingerprint density at radius 3 is 2.35 bits per heavy atom. The zero-order valence-corrected chi connectivity index (χ0v) is 14.7. The fourth-order valence-corrected chi connectivity index (χ4v) is 3.44. The van der Waals surface area contributed by atoms with Crippen molar-refractivity contribution in [2.45, 2.75) is 24.8 Å². The largest absolute Gasteiger partial charge is 0.497 e. The number of nitrogens with one attached hydrogen (secondary N) is 1. The summed E-state index contributed by atoms with van der Waals surface area (Å²) in [5.74, 6) is 0.201. The molecular weight excluding hydrogens is 320 g/mol. The monoisotopic (exact) mass is 344 g/mol. The Bertz CT molecular complexity index is 601. The van der Waals surface area contributed by atoms with E-state index >= 15 is 0 Å². The SMILES string of the molecule is CCN(CC(=O)N[C@@H](C)COC)S(=O)(=O)c1ccc(OC)cc1. The first-order valence-corrected chi connectivity index (χ1v) is 8.71. The minimum absolute atomic E-state index is 0.123. The molecule has 0 aliphatic heterocycles. The van der Waals surface area contributed by atoms with Gasteiger partial charge in [0, 0.05) is 19.7 Å². The third-order valence-corrected chi connectivity index (χ3v) is 5.13. The smallest absolute Gasteiger partial charge is 0.243 e. The molecule has 1 aromatic rings.